The van der Waals surface area contributed by atoms with Gasteiger partial charge in [-0.2, -0.15) is 13.2 Å². The maximum absolute atomic E-state index is 12.6. The van der Waals surface area contributed by atoms with Crippen LogP contribution in [0.15, 0.2) is 47.4 Å². The van der Waals surface area contributed by atoms with Crippen LogP contribution in [0, 0.1) is 10.1 Å². The molecule has 0 aliphatic carbocycles. The van der Waals surface area contributed by atoms with Crippen molar-refractivity contribution in [3.63, 3.8) is 0 Å². The van der Waals surface area contributed by atoms with Crippen LogP contribution in [0.3, 0.4) is 0 Å². The molecule has 126 valence electrons. The van der Waals surface area contributed by atoms with Crippen LogP contribution in [0.4, 0.5) is 24.5 Å². The molecule has 0 spiro atoms. The fourth-order valence-electron chi connectivity index (χ4n) is 1.88. The van der Waals surface area contributed by atoms with Gasteiger partial charge in [0.1, 0.15) is 6.54 Å². The van der Waals surface area contributed by atoms with Crippen LogP contribution < -0.4 is 10.9 Å². The molecule has 0 fully saturated rings. The number of nitrogens with zero attached hydrogens (tertiary/aromatic N) is 2. The second kappa shape index (κ2) is 6.52. The molecule has 24 heavy (non-hydrogen) atoms. The lowest BCUT2D eigenvalue weighted by molar-refractivity contribution is -0.384. The van der Waals surface area contributed by atoms with Gasteiger partial charge in [-0.05, 0) is 12.1 Å². The number of nitrogens with one attached hydrogen (secondary N) is 1. The van der Waals surface area contributed by atoms with Gasteiger partial charge in [-0.15, -0.1) is 0 Å². The topological polar surface area (TPSA) is 94.2 Å². The van der Waals surface area contributed by atoms with Crippen molar-refractivity contribution in [3.8, 4) is 0 Å². The Labute approximate surface area is 132 Å². The van der Waals surface area contributed by atoms with Crippen LogP contribution in [-0.4, -0.2) is 15.4 Å². The summed E-state index contributed by atoms with van der Waals surface area (Å²) in [6, 6.07) is 6.35. The van der Waals surface area contributed by atoms with Crippen LogP contribution in [0.5, 0.6) is 0 Å². The monoisotopic (exact) mass is 341 g/mol. The number of halogens is 3. The van der Waals surface area contributed by atoms with Crippen molar-refractivity contribution in [2.75, 3.05) is 5.32 Å². The van der Waals surface area contributed by atoms with Gasteiger partial charge < -0.3 is 9.88 Å². The second-order valence-corrected chi connectivity index (χ2v) is 4.74. The lowest BCUT2D eigenvalue weighted by Crippen LogP contribution is -2.28. The molecule has 1 N–H and O–H groups in total. The van der Waals surface area contributed by atoms with E-state index in [1.165, 1.54) is 18.2 Å². The van der Waals surface area contributed by atoms with E-state index < -0.39 is 34.7 Å². The average Bonchev–Trinajstić information content (AvgIpc) is 2.48. The summed E-state index contributed by atoms with van der Waals surface area (Å²) in [5.41, 5.74) is -2.01. The number of nitro benzene ring substituents is 1. The van der Waals surface area contributed by atoms with E-state index in [2.05, 4.69) is 5.32 Å². The molecule has 0 bridgehead atoms. The Morgan fingerprint density at radius 2 is 1.96 bits per heavy atom. The number of rotatable bonds is 4. The fraction of sp³-hybridized carbons (Fsp3) is 0.143. The zero-order chi connectivity index (χ0) is 17.9. The molecule has 1 aromatic carbocycles. The predicted molar refractivity (Wildman–Crippen MR) is 77.4 cm³/mol. The number of hydrogen-bond donors (Lipinski definition) is 1. The summed E-state index contributed by atoms with van der Waals surface area (Å²) in [6.07, 6.45) is -4.11. The minimum Gasteiger partial charge on any atom is -0.324 e. The molecule has 1 amide bonds. The Kier molecular flexibility index (Phi) is 4.67. The molecule has 0 atom stereocenters. The lowest BCUT2D eigenvalue weighted by Gasteiger charge is -2.11. The van der Waals surface area contributed by atoms with Crippen LogP contribution in [-0.2, 0) is 17.5 Å². The number of carbonyl (C=O) groups is 1. The molecule has 10 heteroatoms. The normalized spacial score (nSPS) is 11.1. The first kappa shape index (κ1) is 17.2. The summed E-state index contributed by atoms with van der Waals surface area (Å²) in [5.74, 6) is -0.795. The van der Waals surface area contributed by atoms with Crippen molar-refractivity contribution in [1.29, 1.82) is 0 Å². The van der Waals surface area contributed by atoms with Crippen molar-refractivity contribution >= 4 is 17.3 Å². The van der Waals surface area contributed by atoms with E-state index in [0.29, 0.717) is 22.9 Å². The smallest absolute Gasteiger partial charge is 0.324 e. The summed E-state index contributed by atoms with van der Waals surface area (Å²) < 4.78 is 38.5. The number of carbonyl (C=O) groups excluding carboxylic acids is 1. The summed E-state index contributed by atoms with van der Waals surface area (Å²) in [5, 5.41) is 12.9. The third-order valence-corrected chi connectivity index (χ3v) is 2.97. The van der Waals surface area contributed by atoms with E-state index in [0.717, 1.165) is 6.07 Å². The molecule has 1 heterocycles. The van der Waals surface area contributed by atoms with Gasteiger partial charge >= 0.3 is 6.18 Å². The number of hydrogen-bond acceptors (Lipinski definition) is 4. The highest BCUT2D eigenvalue weighted by Gasteiger charge is 2.31. The summed E-state index contributed by atoms with van der Waals surface area (Å²) in [6.45, 7) is -0.661. The molecule has 0 unspecified atom stereocenters. The number of anilines is 1. The highest BCUT2D eigenvalue weighted by Crippen LogP contribution is 2.28. The molecular weight excluding hydrogens is 331 g/mol. The standard InChI is InChI=1S/C14H10F3N3O4/c15-14(16,17)9-4-5-13(22)19(7-9)8-12(21)18-10-2-1-3-11(6-10)20(23)24/h1-7H,8H2,(H,18,21). The van der Waals surface area contributed by atoms with Gasteiger partial charge in [0, 0.05) is 30.1 Å². The zero-order valence-corrected chi connectivity index (χ0v) is 11.9. The van der Waals surface area contributed by atoms with Gasteiger partial charge in [0.25, 0.3) is 11.2 Å². The number of pyridine rings is 1. The van der Waals surface area contributed by atoms with E-state index in [1.807, 2.05) is 0 Å². The van der Waals surface area contributed by atoms with Crippen molar-refractivity contribution in [3.05, 3.63) is 68.6 Å². The summed E-state index contributed by atoms with van der Waals surface area (Å²) in [4.78, 5) is 33.4. The van der Waals surface area contributed by atoms with E-state index in [-0.39, 0.29) is 11.4 Å². The first-order chi connectivity index (χ1) is 11.2. The number of nitro groups is 1. The first-order valence-corrected chi connectivity index (χ1v) is 6.49. The summed E-state index contributed by atoms with van der Waals surface area (Å²) in [7, 11) is 0. The molecule has 0 aliphatic heterocycles. The number of amides is 1. The minimum absolute atomic E-state index is 0.0919. The van der Waals surface area contributed by atoms with Gasteiger partial charge in [0.2, 0.25) is 5.91 Å². The Bertz CT molecular complexity index is 846. The van der Waals surface area contributed by atoms with E-state index in [4.69, 9.17) is 0 Å². The predicted octanol–water partition coefficient (Wildman–Crippen LogP) is 2.41. The molecule has 2 aromatic rings. The van der Waals surface area contributed by atoms with Crippen molar-refractivity contribution in [2.24, 2.45) is 0 Å². The van der Waals surface area contributed by atoms with Crippen LogP contribution >= 0.6 is 0 Å². The number of non-ortho nitro benzene ring substituents is 1. The third kappa shape index (κ3) is 4.18. The van der Waals surface area contributed by atoms with Gasteiger partial charge in [-0.3, -0.25) is 19.7 Å². The third-order valence-electron chi connectivity index (χ3n) is 2.97. The Balaban J connectivity index is 2.17. The minimum atomic E-state index is -4.65. The second-order valence-electron chi connectivity index (χ2n) is 4.74. The molecule has 0 radical (unpaired) electrons. The maximum atomic E-state index is 12.6. The quantitative estimate of drug-likeness (QED) is 0.682. The average molecular weight is 341 g/mol. The molecule has 7 nitrogen and oxygen atoms in total. The number of aromatic nitrogens is 1. The Morgan fingerprint density at radius 1 is 1.25 bits per heavy atom. The van der Waals surface area contributed by atoms with E-state index in [1.54, 1.807) is 0 Å². The Morgan fingerprint density at radius 3 is 2.58 bits per heavy atom. The van der Waals surface area contributed by atoms with E-state index >= 15 is 0 Å². The molecule has 0 aliphatic rings. The van der Waals surface area contributed by atoms with Crippen molar-refractivity contribution < 1.29 is 22.9 Å². The van der Waals surface area contributed by atoms with Crippen LogP contribution in [0.25, 0.3) is 0 Å². The van der Waals surface area contributed by atoms with Crippen LogP contribution in [0.2, 0.25) is 0 Å². The SMILES string of the molecule is O=C(Cn1cc(C(F)(F)F)ccc1=O)Nc1cccc([N+](=O)[O-])c1. The first-order valence-electron chi connectivity index (χ1n) is 6.49. The lowest BCUT2D eigenvalue weighted by atomic mass is 10.2. The van der Waals surface area contributed by atoms with Crippen molar-refractivity contribution in [1.82, 2.24) is 4.57 Å². The van der Waals surface area contributed by atoms with Gasteiger partial charge in [0.05, 0.1) is 10.5 Å². The van der Waals surface area contributed by atoms with Gasteiger partial charge in [0.15, 0.2) is 0 Å². The van der Waals surface area contributed by atoms with Gasteiger partial charge in [-0.1, -0.05) is 6.07 Å². The highest BCUT2D eigenvalue weighted by molar-refractivity contribution is 5.90. The zero-order valence-electron chi connectivity index (χ0n) is 11.9. The number of alkyl halides is 3. The number of benzene rings is 1. The van der Waals surface area contributed by atoms with Crippen molar-refractivity contribution in [2.45, 2.75) is 12.7 Å². The maximum Gasteiger partial charge on any atom is 0.417 e. The molecule has 0 saturated carbocycles. The van der Waals surface area contributed by atoms with Gasteiger partial charge in [-0.25, -0.2) is 0 Å². The molecule has 1 aromatic heterocycles. The molecule has 0 saturated heterocycles. The van der Waals surface area contributed by atoms with Crippen LogP contribution in [0.1, 0.15) is 5.56 Å². The highest BCUT2D eigenvalue weighted by atomic mass is 19.4. The Hall–Kier alpha value is -3.17. The fourth-order valence-corrected chi connectivity index (χ4v) is 1.88. The molecular formula is C14H10F3N3O4. The largest absolute Gasteiger partial charge is 0.417 e. The van der Waals surface area contributed by atoms with E-state index in [9.17, 15) is 32.9 Å². The molecule has 2 rings (SSSR count). The summed E-state index contributed by atoms with van der Waals surface area (Å²) >= 11 is 0.